The predicted molar refractivity (Wildman–Crippen MR) is 62.8 cm³/mol. The molecule has 16 heavy (non-hydrogen) atoms. The molecule has 3 heteroatoms. The fourth-order valence-electron chi connectivity index (χ4n) is 2.36. The van der Waals surface area contributed by atoms with Crippen molar-refractivity contribution in [3.63, 3.8) is 0 Å². The molecule has 92 valence electrons. The van der Waals surface area contributed by atoms with E-state index in [2.05, 4.69) is 6.58 Å². The Kier molecular flexibility index (Phi) is 4.54. The van der Waals surface area contributed by atoms with Crippen LogP contribution < -0.4 is 0 Å². The van der Waals surface area contributed by atoms with E-state index in [1.54, 1.807) is 0 Å². The molecule has 0 bridgehead atoms. The van der Waals surface area contributed by atoms with Crippen LogP contribution in [0.3, 0.4) is 0 Å². The summed E-state index contributed by atoms with van der Waals surface area (Å²) in [4.78, 5) is 11.5. The highest BCUT2D eigenvalue weighted by molar-refractivity contribution is 5.72. The third-order valence-electron chi connectivity index (χ3n) is 3.51. The van der Waals surface area contributed by atoms with Crippen molar-refractivity contribution in [2.45, 2.75) is 39.2 Å². The second-order valence-corrected chi connectivity index (χ2v) is 4.99. The van der Waals surface area contributed by atoms with Gasteiger partial charge >= 0.3 is 5.97 Å². The van der Waals surface area contributed by atoms with Crippen molar-refractivity contribution in [2.24, 2.45) is 17.8 Å². The molecule has 0 aliphatic heterocycles. The lowest BCUT2D eigenvalue weighted by Gasteiger charge is -2.34. The predicted octanol–water partition coefficient (Wildman–Crippen LogP) is 2.15. The van der Waals surface area contributed by atoms with E-state index >= 15 is 0 Å². The average Bonchev–Trinajstić information content (AvgIpc) is 2.27. The number of aliphatic hydroxyl groups is 1. The van der Waals surface area contributed by atoms with Gasteiger partial charge in [0.15, 0.2) is 0 Å². The lowest BCUT2D eigenvalue weighted by Crippen LogP contribution is -2.34. The maximum atomic E-state index is 11.5. The van der Waals surface area contributed by atoms with E-state index in [1.165, 1.54) is 7.11 Å². The molecule has 1 N–H and O–H groups in total. The largest absolute Gasteiger partial charge is 0.469 e. The third-order valence-corrected chi connectivity index (χ3v) is 3.51. The van der Waals surface area contributed by atoms with Gasteiger partial charge in [0.1, 0.15) is 0 Å². The van der Waals surface area contributed by atoms with Crippen LogP contribution in [0.4, 0.5) is 0 Å². The fourth-order valence-corrected chi connectivity index (χ4v) is 2.36. The number of carbonyl (C=O) groups excluding carboxylic acids is 1. The van der Waals surface area contributed by atoms with Crippen LogP contribution >= 0.6 is 0 Å². The Balaban J connectivity index is 2.69. The number of esters is 1. The standard InChI is InChI=1S/C13H22O3/c1-8(2)12(14)11-7-10(13(15)16-4)6-5-9(11)3/h8,10-12,14H,3,5-7H2,1-2,4H3/t10-,11+,12+/m0/s1. The summed E-state index contributed by atoms with van der Waals surface area (Å²) < 4.78 is 4.76. The van der Waals surface area contributed by atoms with Crippen LogP contribution in [0, 0.1) is 17.8 Å². The lowest BCUT2D eigenvalue weighted by molar-refractivity contribution is -0.147. The first kappa shape index (κ1) is 13.2. The van der Waals surface area contributed by atoms with Gasteiger partial charge in [-0.3, -0.25) is 4.79 Å². The monoisotopic (exact) mass is 226 g/mol. The van der Waals surface area contributed by atoms with Crippen molar-refractivity contribution in [3.05, 3.63) is 12.2 Å². The van der Waals surface area contributed by atoms with Gasteiger partial charge < -0.3 is 9.84 Å². The van der Waals surface area contributed by atoms with E-state index in [0.717, 1.165) is 18.4 Å². The molecule has 0 heterocycles. The smallest absolute Gasteiger partial charge is 0.308 e. The van der Waals surface area contributed by atoms with Gasteiger partial charge in [0.25, 0.3) is 0 Å². The SMILES string of the molecule is C=C1CC[C@H](C(=O)OC)C[C@H]1[C@H](O)C(C)C. The summed E-state index contributed by atoms with van der Waals surface area (Å²) in [5, 5.41) is 10.1. The molecule has 0 spiro atoms. The molecule has 1 aliphatic carbocycles. The minimum Gasteiger partial charge on any atom is -0.469 e. The summed E-state index contributed by atoms with van der Waals surface area (Å²) in [5.74, 6) is -0.00152. The number of hydrogen-bond acceptors (Lipinski definition) is 3. The molecule has 1 rings (SSSR count). The summed E-state index contributed by atoms with van der Waals surface area (Å²) in [5.41, 5.74) is 1.07. The van der Waals surface area contributed by atoms with Gasteiger partial charge in [-0.1, -0.05) is 26.0 Å². The molecule has 0 aromatic rings. The van der Waals surface area contributed by atoms with Crippen LogP contribution in [-0.4, -0.2) is 24.3 Å². The Morgan fingerprint density at radius 1 is 1.56 bits per heavy atom. The average molecular weight is 226 g/mol. The minimum atomic E-state index is -0.403. The molecule has 0 unspecified atom stereocenters. The van der Waals surface area contributed by atoms with Crippen LogP contribution in [0.1, 0.15) is 33.1 Å². The Morgan fingerprint density at radius 2 is 2.19 bits per heavy atom. The van der Waals surface area contributed by atoms with Gasteiger partial charge in [-0.05, 0) is 25.2 Å². The molecular weight excluding hydrogens is 204 g/mol. The molecule has 0 aromatic heterocycles. The van der Waals surface area contributed by atoms with E-state index in [9.17, 15) is 9.90 Å². The van der Waals surface area contributed by atoms with Gasteiger partial charge in [-0.25, -0.2) is 0 Å². The van der Waals surface area contributed by atoms with Crippen LogP contribution in [0.2, 0.25) is 0 Å². The lowest BCUT2D eigenvalue weighted by atomic mass is 9.73. The molecule has 0 saturated heterocycles. The molecule has 1 aliphatic rings. The first-order valence-electron chi connectivity index (χ1n) is 5.91. The summed E-state index contributed by atoms with van der Waals surface area (Å²) >= 11 is 0. The quantitative estimate of drug-likeness (QED) is 0.592. The summed E-state index contributed by atoms with van der Waals surface area (Å²) in [6.07, 6.45) is 1.88. The zero-order valence-corrected chi connectivity index (χ0v) is 10.4. The fraction of sp³-hybridized carbons (Fsp3) is 0.769. The summed E-state index contributed by atoms with van der Waals surface area (Å²) in [6.45, 7) is 7.98. The number of aliphatic hydroxyl groups excluding tert-OH is 1. The molecule has 3 atom stereocenters. The number of rotatable bonds is 3. The van der Waals surface area contributed by atoms with E-state index in [1.807, 2.05) is 13.8 Å². The van der Waals surface area contributed by atoms with Gasteiger partial charge in [0.05, 0.1) is 19.1 Å². The Morgan fingerprint density at radius 3 is 2.69 bits per heavy atom. The van der Waals surface area contributed by atoms with E-state index < -0.39 is 6.10 Å². The zero-order chi connectivity index (χ0) is 12.3. The summed E-state index contributed by atoms with van der Waals surface area (Å²) in [7, 11) is 1.42. The van der Waals surface area contributed by atoms with Crippen LogP contribution in [0.25, 0.3) is 0 Å². The Hall–Kier alpha value is -0.830. The van der Waals surface area contributed by atoms with Crippen molar-refractivity contribution >= 4 is 5.97 Å². The van der Waals surface area contributed by atoms with Gasteiger partial charge in [0, 0.05) is 5.92 Å². The van der Waals surface area contributed by atoms with Crippen molar-refractivity contribution in [2.75, 3.05) is 7.11 Å². The van der Waals surface area contributed by atoms with Crippen LogP contribution in [0.15, 0.2) is 12.2 Å². The second kappa shape index (κ2) is 5.48. The van der Waals surface area contributed by atoms with Gasteiger partial charge in [0.2, 0.25) is 0 Å². The number of methoxy groups -OCH3 is 1. The Labute approximate surface area is 97.5 Å². The molecule has 1 fully saturated rings. The van der Waals surface area contributed by atoms with Crippen LogP contribution in [-0.2, 0) is 9.53 Å². The van der Waals surface area contributed by atoms with Crippen LogP contribution in [0.5, 0.6) is 0 Å². The number of ether oxygens (including phenoxy) is 1. The zero-order valence-electron chi connectivity index (χ0n) is 10.4. The van der Waals surface area contributed by atoms with Crippen molar-refractivity contribution in [3.8, 4) is 0 Å². The van der Waals surface area contributed by atoms with Crippen molar-refractivity contribution < 1.29 is 14.6 Å². The minimum absolute atomic E-state index is 0.0397. The molecule has 3 nitrogen and oxygen atoms in total. The molecule has 1 saturated carbocycles. The number of hydrogen-bond donors (Lipinski definition) is 1. The highest BCUT2D eigenvalue weighted by Crippen LogP contribution is 2.36. The third kappa shape index (κ3) is 2.85. The molecule has 0 amide bonds. The number of carbonyl (C=O) groups is 1. The first-order chi connectivity index (χ1) is 7.47. The van der Waals surface area contributed by atoms with E-state index in [-0.39, 0.29) is 23.7 Å². The molecule has 0 aromatic carbocycles. The van der Waals surface area contributed by atoms with Gasteiger partial charge in [-0.2, -0.15) is 0 Å². The van der Waals surface area contributed by atoms with E-state index in [4.69, 9.17) is 4.74 Å². The highest BCUT2D eigenvalue weighted by Gasteiger charge is 2.34. The van der Waals surface area contributed by atoms with Crippen molar-refractivity contribution in [1.82, 2.24) is 0 Å². The second-order valence-electron chi connectivity index (χ2n) is 4.99. The maximum absolute atomic E-state index is 11.5. The topological polar surface area (TPSA) is 46.5 Å². The Bertz CT molecular complexity index is 270. The molecular formula is C13H22O3. The normalized spacial score (nSPS) is 27.9. The first-order valence-corrected chi connectivity index (χ1v) is 5.91. The van der Waals surface area contributed by atoms with Crippen molar-refractivity contribution in [1.29, 1.82) is 0 Å². The highest BCUT2D eigenvalue weighted by atomic mass is 16.5. The molecule has 0 radical (unpaired) electrons. The summed E-state index contributed by atoms with van der Waals surface area (Å²) in [6, 6.07) is 0. The van der Waals surface area contributed by atoms with Gasteiger partial charge in [-0.15, -0.1) is 0 Å². The van der Waals surface area contributed by atoms with E-state index in [0.29, 0.717) is 6.42 Å². The maximum Gasteiger partial charge on any atom is 0.308 e.